The maximum absolute atomic E-state index is 10.7. The molecule has 5 heteroatoms. The normalized spacial score (nSPS) is 10.2. The Morgan fingerprint density at radius 3 is 2.82 bits per heavy atom. The van der Waals surface area contributed by atoms with E-state index in [2.05, 4.69) is 12.2 Å². The second kappa shape index (κ2) is 6.85. The first-order chi connectivity index (χ1) is 8.19. The van der Waals surface area contributed by atoms with Gasteiger partial charge in [-0.2, -0.15) is 0 Å². The lowest BCUT2D eigenvalue weighted by atomic mass is 10.1. The van der Waals surface area contributed by atoms with E-state index in [1.54, 1.807) is 19.2 Å². The zero-order valence-corrected chi connectivity index (χ0v) is 10.2. The number of rotatable bonds is 7. The van der Waals surface area contributed by atoms with Crippen molar-refractivity contribution in [3.8, 4) is 0 Å². The Bertz CT molecular complexity index is 380. The van der Waals surface area contributed by atoms with Gasteiger partial charge in [-0.25, -0.2) is 0 Å². The molecule has 1 aromatic carbocycles. The molecule has 0 saturated carbocycles. The molecule has 0 unspecified atom stereocenters. The van der Waals surface area contributed by atoms with Gasteiger partial charge in [-0.15, -0.1) is 0 Å². The summed E-state index contributed by atoms with van der Waals surface area (Å²) in [5.74, 6) is 0. The zero-order valence-electron chi connectivity index (χ0n) is 10.2. The minimum atomic E-state index is -0.394. The smallest absolute Gasteiger partial charge is 0.269 e. The van der Waals surface area contributed by atoms with E-state index in [9.17, 15) is 10.1 Å². The monoisotopic (exact) mass is 238 g/mol. The highest BCUT2D eigenvalue weighted by atomic mass is 16.6. The number of non-ortho nitro benzene ring substituents is 1. The predicted octanol–water partition coefficient (Wildman–Crippen LogP) is 2.95. The summed E-state index contributed by atoms with van der Waals surface area (Å²) in [4.78, 5) is 10.3. The summed E-state index contributed by atoms with van der Waals surface area (Å²) < 4.78 is 5.47. The first-order valence-corrected chi connectivity index (χ1v) is 5.71. The predicted molar refractivity (Wildman–Crippen MR) is 67.2 cm³/mol. The van der Waals surface area contributed by atoms with Gasteiger partial charge in [-0.1, -0.05) is 13.3 Å². The molecule has 1 N–H and O–H groups in total. The number of nitro benzene ring substituents is 1. The van der Waals surface area contributed by atoms with Gasteiger partial charge in [0, 0.05) is 37.0 Å². The van der Waals surface area contributed by atoms with E-state index in [1.807, 2.05) is 0 Å². The molecule has 0 aliphatic rings. The van der Waals surface area contributed by atoms with E-state index >= 15 is 0 Å². The van der Waals surface area contributed by atoms with Crippen LogP contribution in [0.3, 0.4) is 0 Å². The van der Waals surface area contributed by atoms with Crippen LogP contribution < -0.4 is 5.32 Å². The molecule has 0 bridgehead atoms. The first kappa shape index (κ1) is 13.4. The van der Waals surface area contributed by atoms with Gasteiger partial charge in [-0.3, -0.25) is 10.1 Å². The Morgan fingerprint density at radius 2 is 2.24 bits per heavy atom. The van der Waals surface area contributed by atoms with Gasteiger partial charge in [0.2, 0.25) is 0 Å². The molecule has 94 valence electrons. The van der Waals surface area contributed by atoms with Crippen LogP contribution in [-0.2, 0) is 11.3 Å². The zero-order chi connectivity index (χ0) is 12.7. The minimum Gasteiger partial charge on any atom is -0.388 e. The highest BCUT2D eigenvalue weighted by molar-refractivity contribution is 5.55. The molecule has 0 fully saturated rings. The fourth-order valence-corrected chi connectivity index (χ4v) is 1.49. The number of nitro groups is 1. The van der Waals surface area contributed by atoms with Crippen molar-refractivity contribution in [3.05, 3.63) is 33.9 Å². The molecule has 1 rings (SSSR count). The average Bonchev–Trinajstić information content (AvgIpc) is 2.34. The third kappa shape index (κ3) is 4.03. The molecule has 0 atom stereocenters. The van der Waals surface area contributed by atoms with Crippen molar-refractivity contribution in [3.63, 3.8) is 0 Å². The van der Waals surface area contributed by atoms with Crippen LogP contribution in [0.4, 0.5) is 11.4 Å². The summed E-state index contributed by atoms with van der Waals surface area (Å²) in [6.07, 6.45) is 2.08. The Labute approximate surface area is 101 Å². The average molecular weight is 238 g/mol. The summed E-state index contributed by atoms with van der Waals surface area (Å²) in [5.41, 5.74) is 1.78. The summed E-state index contributed by atoms with van der Waals surface area (Å²) in [7, 11) is 1.79. The van der Waals surface area contributed by atoms with E-state index in [1.165, 1.54) is 6.07 Å². The second-order valence-corrected chi connectivity index (χ2v) is 3.75. The lowest BCUT2D eigenvalue weighted by Crippen LogP contribution is -2.01. The third-order valence-electron chi connectivity index (χ3n) is 2.47. The molecule has 0 amide bonds. The van der Waals surface area contributed by atoms with Crippen LogP contribution in [0.15, 0.2) is 18.2 Å². The molecule has 0 aliphatic heterocycles. The van der Waals surface area contributed by atoms with Gasteiger partial charge in [0.05, 0.1) is 11.5 Å². The molecule has 0 spiro atoms. The van der Waals surface area contributed by atoms with Crippen molar-refractivity contribution in [2.75, 3.05) is 19.0 Å². The van der Waals surface area contributed by atoms with Crippen molar-refractivity contribution in [1.29, 1.82) is 0 Å². The molecular formula is C12H18N2O3. The fraction of sp³-hybridized carbons (Fsp3) is 0.500. The topological polar surface area (TPSA) is 64.4 Å². The van der Waals surface area contributed by atoms with Gasteiger partial charge < -0.3 is 10.1 Å². The lowest BCUT2D eigenvalue weighted by Gasteiger charge is -2.09. The standard InChI is InChI=1S/C12H18N2O3/c1-3-4-7-17-9-10-8-11(14(15)16)5-6-12(10)13-2/h5-6,8,13H,3-4,7,9H2,1-2H3. The first-order valence-electron chi connectivity index (χ1n) is 5.71. The van der Waals surface area contributed by atoms with Crippen LogP contribution >= 0.6 is 0 Å². The molecule has 0 aromatic heterocycles. The number of anilines is 1. The maximum atomic E-state index is 10.7. The fourth-order valence-electron chi connectivity index (χ4n) is 1.49. The molecule has 0 radical (unpaired) electrons. The molecular weight excluding hydrogens is 220 g/mol. The van der Waals surface area contributed by atoms with Gasteiger partial charge in [0.25, 0.3) is 5.69 Å². The van der Waals surface area contributed by atoms with E-state index in [-0.39, 0.29) is 5.69 Å². The Balaban J connectivity index is 2.72. The molecule has 17 heavy (non-hydrogen) atoms. The van der Waals surface area contributed by atoms with Crippen LogP contribution in [0.5, 0.6) is 0 Å². The van der Waals surface area contributed by atoms with Gasteiger partial charge >= 0.3 is 0 Å². The second-order valence-electron chi connectivity index (χ2n) is 3.75. The van der Waals surface area contributed by atoms with Crippen molar-refractivity contribution in [1.82, 2.24) is 0 Å². The highest BCUT2D eigenvalue weighted by Crippen LogP contribution is 2.22. The number of hydrogen-bond donors (Lipinski definition) is 1. The molecule has 0 heterocycles. The van der Waals surface area contributed by atoms with Crippen LogP contribution in [0.1, 0.15) is 25.3 Å². The summed E-state index contributed by atoms with van der Waals surface area (Å²) >= 11 is 0. The molecule has 0 aliphatic carbocycles. The molecule has 1 aromatic rings. The SMILES string of the molecule is CCCCOCc1cc([N+](=O)[O-])ccc1NC. The van der Waals surface area contributed by atoms with Crippen LogP contribution in [0, 0.1) is 10.1 Å². The summed E-state index contributed by atoms with van der Waals surface area (Å²) in [6.45, 7) is 3.18. The Hall–Kier alpha value is -1.62. The number of ether oxygens (including phenoxy) is 1. The van der Waals surface area contributed by atoms with Crippen molar-refractivity contribution in [2.24, 2.45) is 0 Å². The van der Waals surface area contributed by atoms with Gasteiger partial charge in [0.1, 0.15) is 0 Å². The van der Waals surface area contributed by atoms with Crippen LogP contribution in [0.25, 0.3) is 0 Å². The highest BCUT2D eigenvalue weighted by Gasteiger charge is 2.09. The molecule has 0 saturated heterocycles. The molecule has 5 nitrogen and oxygen atoms in total. The Morgan fingerprint density at radius 1 is 1.47 bits per heavy atom. The van der Waals surface area contributed by atoms with Crippen LogP contribution in [0.2, 0.25) is 0 Å². The van der Waals surface area contributed by atoms with E-state index in [0.29, 0.717) is 13.2 Å². The largest absolute Gasteiger partial charge is 0.388 e. The van der Waals surface area contributed by atoms with E-state index in [0.717, 1.165) is 24.1 Å². The third-order valence-corrected chi connectivity index (χ3v) is 2.47. The van der Waals surface area contributed by atoms with E-state index < -0.39 is 4.92 Å². The number of nitrogens with zero attached hydrogens (tertiary/aromatic N) is 1. The summed E-state index contributed by atoms with van der Waals surface area (Å²) in [5, 5.41) is 13.7. The number of nitrogens with one attached hydrogen (secondary N) is 1. The van der Waals surface area contributed by atoms with E-state index in [4.69, 9.17) is 4.74 Å². The van der Waals surface area contributed by atoms with Gasteiger partial charge in [0.15, 0.2) is 0 Å². The van der Waals surface area contributed by atoms with Crippen molar-refractivity contribution >= 4 is 11.4 Å². The van der Waals surface area contributed by atoms with Crippen LogP contribution in [-0.4, -0.2) is 18.6 Å². The lowest BCUT2D eigenvalue weighted by molar-refractivity contribution is -0.384. The number of unbranched alkanes of at least 4 members (excludes halogenated alkanes) is 1. The minimum absolute atomic E-state index is 0.0955. The number of hydrogen-bond acceptors (Lipinski definition) is 4. The maximum Gasteiger partial charge on any atom is 0.269 e. The van der Waals surface area contributed by atoms with Crippen molar-refractivity contribution in [2.45, 2.75) is 26.4 Å². The number of benzene rings is 1. The summed E-state index contributed by atoms with van der Waals surface area (Å²) in [6, 6.07) is 4.75. The Kier molecular flexibility index (Phi) is 5.42. The van der Waals surface area contributed by atoms with Gasteiger partial charge in [-0.05, 0) is 12.5 Å². The van der Waals surface area contributed by atoms with Crippen molar-refractivity contribution < 1.29 is 9.66 Å². The quantitative estimate of drug-likeness (QED) is 0.450.